The molecule has 0 aliphatic rings. The van der Waals surface area contributed by atoms with E-state index in [9.17, 15) is 9.59 Å². The van der Waals surface area contributed by atoms with E-state index in [1.165, 1.54) is 7.11 Å². The fourth-order valence-electron chi connectivity index (χ4n) is 2.18. The van der Waals surface area contributed by atoms with Gasteiger partial charge in [-0.15, -0.1) is 0 Å². The van der Waals surface area contributed by atoms with Gasteiger partial charge in [-0.1, -0.05) is 30.8 Å². The van der Waals surface area contributed by atoms with Crippen molar-refractivity contribution in [3.8, 4) is 0 Å². The molecule has 2 aromatic rings. The van der Waals surface area contributed by atoms with Gasteiger partial charge in [0.2, 0.25) is 5.78 Å². The Morgan fingerprint density at radius 3 is 2.68 bits per heavy atom. The number of ketones is 1. The highest BCUT2D eigenvalue weighted by Gasteiger charge is 2.29. The number of methoxy groups -OCH3 is 1. The summed E-state index contributed by atoms with van der Waals surface area (Å²) in [6.45, 7) is 5.57. The van der Waals surface area contributed by atoms with Crippen molar-refractivity contribution < 1.29 is 19.1 Å². The Morgan fingerprint density at radius 1 is 1.27 bits per heavy atom. The predicted octanol–water partition coefficient (Wildman–Crippen LogP) is 2.61. The number of Topliss-reactive ketones (excluding diaryl/α,β-unsaturated/α-hetero) is 1. The maximum absolute atomic E-state index is 12.5. The fraction of sp³-hybridized carbons (Fsp3) is 0.235. The lowest BCUT2D eigenvalue weighted by Crippen LogP contribution is -2.23. The molecule has 5 nitrogen and oxygen atoms in total. The summed E-state index contributed by atoms with van der Waals surface area (Å²) in [7, 11) is 1.20. The second-order valence-corrected chi connectivity index (χ2v) is 4.59. The highest BCUT2D eigenvalue weighted by molar-refractivity contribution is 6.18. The third kappa shape index (κ3) is 3.04. The number of fused-ring (bicyclic) bond motifs is 1. The lowest BCUT2D eigenvalue weighted by Gasteiger charge is -2.17. The van der Waals surface area contributed by atoms with Crippen molar-refractivity contribution in [3.05, 3.63) is 54.4 Å². The van der Waals surface area contributed by atoms with Crippen LogP contribution in [0.15, 0.2) is 48.7 Å². The first-order valence-electron chi connectivity index (χ1n) is 6.86. The minimum atomic E-state index is -0.984. The first-order chi connectivity index (χ1) is 10.6. The van der Waals surface area contributed by atoms with Crippen LogP contribution in [-0.4, -0.2) is 30.5 Å². The van der Waals surface area contributed by atoms with Gasteiger partial charge in [0.15, 0.2) is 6.10 Å². The summed E-state index contributed by atoms with van der Waals surface area (Å²) in [6, 6.07) is 9.38. The highest BCUT2D eigenvalue weighted by atomic mass is 16.5. The molecule has 0 aliphatic carbocycles. The zero-order chi connectivity index (χ0) is 16.1. The molecule has 1 heterocycles. The summed E-state index contributed by atoms with van der Waals surface area (Å²) in [5, 5.41) is 1.74. The van der Waals surface area contributed by atoms with Gasteiger partial charge in [-0.05, 0) is 18.4 Å². The first-order valence-corrected chi connectivity index (χ1v) is 6.86. The zero-order valence-corrected chi connectivity index (χ0v) is 12.5. The van der Waals surface area contributed by atoms with E-state index in [2.05, 4.69) is 16.3 Å². The number of esters is 1. The molecule has 1 atom stereocenters. The molecule has 0 fully saturated rings. The molecule has 5 heteroatoms. The number of rotatable bonds is 6. The SMILES string of the molecule is C=C(C(=O)OC)C(=O)C(OCC)c1nccc2ccccc12. The van der Waals surface area contributed by atoms with Crippen LogP contribution < -0.4 is 0 Å². The number of carbonyl (C=O) groups is 2. The average Bonchev–Trinajstić information content (AvgIpc) is 2.57. The second kappa shape index (κ2) is 6.95. The third-order valence-corrected chi connectivity index (χ3v) is 3.25. The van der Waals surface area contributed by atoms with Gasteiger partial charge in [0.1, 0.15) is 0 Å². The monoisotopic (exact) mass is 299 g/mol. The van der Waals surface area contributed by atoms with Crippen molar-refractivity contribution in [2.45, 2.75) is 13.0 Å². The van der Waals surface area contributed by atoms with Gasteiger partial charge in [-0.3, -0.25) is 9.78 Å². The maximum Gasteiger partial charge on any atom is 0.340 e. The van der Waals surface area contributed by atoms with Gasteiger partial charge in [-0.25, -0.2) is 4.79 Å². The van der Waals surface area contributed by atoms with E-state index in [0.717, 1.165) is 10.8 Å². The molecular weight excluding hydrogens is 282 g/mol. The molecule has 0 bridgehead atoms. The van der Waals surface area contributed by atoms with E-state index in [1.54, 1.807) is 13.1 Å². The Morgan fingerprint density at radius 2 is 2.00 bits per heavy atom. The molecule has 114 valence electrons. The summed E-state index contributed by atoms with van der Waals surface area (Å²) in [5.74, 6) is -1.31. The van der Waals surface area contributed by atoms with Crippen molar-refractivity contribution in [1.82, 2.24) is 4.98 Å². The Kier molecular flexibility index (Phi) is 5.01. The minimum Gasteiger partial charge on any atom is -0.465 e. The number of hydrogen-bond donors (Lipinski definition) is 0. The van der Waals surface area contributed by atoms with Crippen LogP contribution in [0.1, 0.15) is 18.7 Å². The molecule has 1 aromatic heterocycles. The number of ether oxygens (including phenoxy) is 2. The fourth-order valence-corrected chi connectivity index (χ4v) is 2.18. The first kappa shape index (κ1) is 15.9. The molecule has 0 N–H and O–H groups in total. The quantitative estimate of drug-likeness (QED) is 0.355. The summed E-state index contributed by atoms with van der Waals surface area (Å²) in [4.78, 5) is 28.3. The zero-order valence-electron chi connectivity index (χ0n) is 12.5. The van der Waals surface area contributed by atoms with E-state index in [1.807, 2.05) is 30.3 Å². The van der Waals surface area contributed by atoms with Crippen LogP contribution in [0, 0.1) is 0 Å². The number of benzene rings is 1. The van der Waals surface area contributed by atoms with Crippen molar-refractivity contribution in [3.63, 3.8) is 0 Å². The Bertz CT molecular complexity index is 718. The van der Waals surface area contributed by atoms with Crippen LogP contribution >= 0.6 is 0 Å². The number of nitrogens with zero attached hydrogens (tertiary/aromatic N) is 1. The minimum absolute atomic E-state index is 0.254. The second-order valence-electron chi connectivity index (χ2n) is 4.59. The van der Waals surface area contributed by atoms with Crippen LogP contribution in [0.5, 0.6) is 0 Å². The number of aromatic nitrogens is 1. The van der Waals surface area contributed by atoms with Crippen molar-refractivity contribution >= 4 is 22.5 Å². The largest absolute Gasteiger partial charge is 0.465 e. The van der Waals surface area contributed by atoms with Gasteiger partial charge in [0.05, 0.1) is 18.4 Å². The number of hydrogen-bond acceptors (Lipinski definition) is 5. The van der Waals surface area contributed by atoms with Crippen LogP contribution in [0.3, 0.4) is 0 Å². The topological polar surface area (TPSA) is 65.5 Å². The molecular formula is C17H17NO4. The maximum atomic E-state index is 12.5. The van der Waals surface area contributed by atoms with Gasteiger partial charge in [0, 0.05) is 18.2 Å². The molecule has 0 saturated heterocycles. The Hall–Kier alpha value is -2.53. The summed E-state index contributed by atoms with van der Waals surface area (Å²) >= 11 is 0. The molecule has 1 aromatic carbocycles. The average molecular weight is 299 g/mol. The molecule has 0 amide bonds. The van der Waals surface area contributed by atoms with Crippen LogP contribution in [0.4, 0.5) is 0 Å². The Labute approximate surface area is 128 Å². The molecule has 0 radical (unpaired) electrons. The standard InChI is InChI=1S/C17H17NO4/c1-4-22-16(15(19)11(2)17(20)21-3)14-13-8-6-5-7-12(13)9-10-18-14/h5-10,16H,2,4H2,1,3H3. The van der Waals surface area contributed by atoms with Crippen molar-refractivity contribution in [2.24, 2.45) is 0 Å². The van der Waals surface area contributed by atoms with Gasteiger partial charge in [0.25, 0.3) is 0 Å². The van der Waals surface area contributed by atoms with Gasteiger partial charge >= 0.3 is 5.97 Å². The van der Waals surface area contributed by atoms with E-state index in [0.29, 0.717) is 12.3 Å². The van der Waals surface area contributed by atoms with Crippen LogP contribution in [0.25, 0.3) is 10.8 Å². The smallest absolute Gasteiger partial charge is 0.340 e. The third-order valence-electron chi connectivity index (χ3n) is 3.25. The van der Waals surface area contributed by atoms with Crippen molar-refractivity contribution in [2.75, 3.05) is 13.7 Å². The number of carbonyl (C=O) groups excluding carboxylic acids is 2. The van der Waals surface area contributed by atoms with E-state index in [4.69, 9.17) is 4.74 Å². The van der Waals surface area contributed by atoms with Gasteiger partial charge < -0.3 is 9.47 Å². The van der Waals surface area contributed by atoms with Gasteiger partial charge in [-0.2, -0.15) is 0 Å². The van der Waals surface area contributed by atoms with Crippen LogP contribution in [0.2, 0.25) is 0 Å². The van der Waals surface area contributed by atoms with E-state index >= 15 is 0 Å². The number of pyridine rings is 1. The molecule has 1 unspecified atom stereocenters. The lowest BCUT2D eigenvalue weighted by molar-refractivity contribution is -0.140. The summed E-state index contributed by atoms with van der Waals surface area (Å²) in [5.41, 5.74) is 0.214. The normalized spacial score (nSPS) is 11.9. The molecule has 0 saturated carbocycles. The summed E-state index contributed by atoms with van der Waals surface area (Å²) in [6.07, 6.45) is 0.625. The van der Waals surface area contributed by atoms with E-state index in [-0.39, 0.29) is 5.57 Å². The van der Waals surface area contributed by atoms with E-state index < -0.39 is 17.9 Å². The molecule has 2 rings (SSSR count). The summed E-state index contributed by atoms with van der Waals surface area (Å²) < 4.78 is 10.1. The van der Waals surface area contributed by atoms with Crippen LogP contribution in [-0.2, 0) is 19.1 Å². The predicted molar refractivity (Wildman–Crippen MR) is 82.3 cm³/mol. The molecule has 22 heavy (non-hydrogen) atoms. The van der Waals surface area contributed by atoms with Crippen molar-refractivity contribution in [1.29, 1.82) is 0 Å². The molecule has 0 aliphatic heterocycles. The Balaban J connectivity index is 2.49. The lowest BCUT2D eigenvalue weighted by atomic mass is 10.00. The highest BCUT2D eigenvalue weighted by Crippen LogP contribution is 2.27. The molecule has 0 spiro atoms.